The van der Waals surface area contributed by atoms with Crippen LogP contribution in [-0.2, 0) is 9.53 Å². The van der Waals surface area contributed by atoms with Crippen molar-refractivity contribution in [2.24, 2.45) is 11.8 Å². The Morgan fingerprint density at radius 2 is 2.11 bits per heavy atom. The second-order valence-corrected chi connectivity index (χ2v) is 5.65. The highest BCUT2D eigenvalue weighted by molar-refractivity contribution is 5.78. The number of hydrogen-bond acceptors (Lipinski definition) is 3. The summed E-state index contributed by atoms with van der Waals surface area (Å²) in [5.74, 6) is 1.28. The molecule has 0 spiro atoms. The highest BCUT2D eigenvalue weighted by Gasteiger charge is 2.24. The van der Waals surface area contributed by atoms with Crippen molar-refractivity contribution in [3.8, 4) is 0 Å². The molecule has 2 rings (SSSR count). The van der Waals surface area contributed by atoms with Crippen LogP contribution in [0.1, 0.15) is 32.1 Å². The monoisotopic (exact) mass is 254 g/mol. The van der Waals surface area contributed by atoms with Crippen molar-refractivity contribution in [1.82, 2.24) is 10.2 Å². The summed E-state index contributed by atoms with van der Waals surface area (Å²) in [5, 5.41) is 3.43. The van der Waals surface area contributed by atoms with Crippen molar-refractivity contribution in [2.75, 3.05) is 39.9 Å². The average Bonchev–Trinajstić information content (AvgIpc) is 2.46. The standard InChI is InChI=1S/C14H26N2O2/c1-16(8-4-12-3-2-7-15-11-12)14(17)13-5-9-18-10-6-13/h12-13,15H,2-11H2,1H3. The SMILES string of the molecule is CN(CCC1CCCNC1)C(=O)C1CCOCC1. The average molecular weight is 254 g/mol. The first kappa shape index (κ1) is 13.8. The summed E-state index contributed by atoms with van der Waals surface area (Å²) in [6.45, 7) is 4.68. The molecule has 0 aliphatic carbocycles. The van der Waals surface area contributed by atoms with E-state index in [-0.39, 0.29) is 5.92 Å². The second-order valence-electron chi connectivity index (χ2n) is 5.65. The van der Waals surface area contributed by atoms with Gasteiger partial charge in [0.25, 0.3) is 0 Å². The first-order valence-corrected chi connectivity index (χ1v) is 7.31. The molecule has 4 nitrogen and oxygen atoms in total. The fourth-order valence-electron chi connectivity index (χ4n) is 2.91. The minimum Gasteiger partial charge on any atom is -0.381 e. The fourth-order valence-corrected chi connectivity index (χ4v) is 2.91. The lowest BCUT2D eigenvalue weighted by Crippen LogP contribution is -2.38. The predicted molar refractivity (Wildman–Crippen MR) is 71.4 cm³/mol. The zero-order valence-corrected chi connectivity index (χ0v) is 11.5. The van der Waals surface area contributed by atoms with Gasteiger partial charge in [0.05, 0.1) is 0 Å². The number of carbonyl (C=O) groups excluding carboxylic acids is 1. The molecule has 0 aromatic rings. The zero-order valence-electron chi connectivity index (χ0n) is 11.5. The van der Waals surface area contributed by atoms with Crippen LogP contribution in [0, 0.1) is 11.8 Å². The van der Waals surface area contributed by atoms with Crippen LogP contribution < -0.4 is 5.32 Å². The van der Waals surface area contributed by atoms with Crippen LogP contribution in [0.5, 0.6) is 0 Å². The van der Waals surface area contributed by atoms with E-state index in [2.05, 4.69) is 5.32 Å². The van der Waals surface area contributed by atoms with E-state index in [1.54, 1.807) is 0 Å². The summed E-state index contributed by atoms with van der Waals surface area (Å²) in [7, 11) is 1.95. The van der Waals surface area contributed by atoms with Gasteiger partial charge < -0.3 is 15.0 Å². The molecule has 0 aromatic carbocycles. The van der Waals surface area contributed by atoms with Gasteiger partial charge in [0.1, 0.15) is 0 Å². The van der Waals surface area contributed by atoms with Crippen molar-refractivity contribution in [1.29, 1.82) is 0 Å². The lowest BCUT2D eigenvalue weighted by atomic mass is 9.95. The number of amides is 1. The number of hydrogen-bond donors (Lipinski definition) is 1. The Kier molecular flexibility index (Phi) is 5.45. The smallest absolute Gasteiger partial charge is 0.225 e. The number of nitrogens with zero attached hydrogens (tertiary/aromatic N) is 1. The largest absolute Gasteiger partial charge is 0.381 e. The predicted octanol–water partition coefficient (Wildman–Crippen LogP) is 1.26. The molecule has 0 bridgehead atoms. The molecule has 104 valence electrons. The number of rotatable bonds is 4. The molecule has 2 aliphatic rings. The summed E-state index contributed by atoms with van der Waals surface area (Å²) in [5.41, 5.74) is 0. The lowest BCUT2D eigenvalue weighted by molar-refractivity contribution is -0.137. The van der Waals surface area contributed by atoms with Crippen LogP contribution in [0.4, 0.5) is 0 Å². The normalized spacial score (nSPS) is 25.9. The number of piperidine rings is 1. The minimum absolute atomic E-state index is 0.202. The first-order valence-electron chi connectivity index (χ1n) is 7.31. The van der Waals surface area contributed by atoms with Crippen LogP contribution in [-0.4, -0.2) is 50.7 Å². The summed E-state index contributed by atoms with van der Waals surface area (Å²) in [6.07, 6.45) is 5.52. The van der Waals surface area contributed by atoms with Crippen molar-refractivity contribution >= 4 is 5.91 Å². The molecule has 1 N–H and O–H groups in total. The van der Waals surface area contributed by atoms with Gasteiger partial charge in [-0.25, -0.2) is 0 Å². The van der Waals surface area contributed by atoms with E-state index < -0.39 is 0 Å². The van der Waals surface area contributed by atoms with E-state index in [1.807, 2.05) is 11.9 Å². The molecule has 2 fully saturated rings. The highest BCUT2D eigenvalue weighted by Crippen LogP contribution is 2.19. The van der Waals surface area contributed by atoms with E-state index in [0.29, 0.717) is 5.91 Å². The third kappa shape index (κ3) is 3.95. The van der Waals surface area contributed by atoms with Gasteiger partial charge in [0.15, 0.2) is 0 Å². The van der Waals surface area contributed by atoms with Gasteiger partial charge in [-0.1, -0.05) is 0 Å². The van der Waals surface area contributed by atoms with E-state index >= 15 is 0 Å². The molecule has 1 amide bonds. The Hall–Kier alpha value is -0.610. The molecule has 4 heteroatoms. The van der Waals surface area contributed by atoms with Gasteiger partial charge in [-0.15, -0.1) is 0 Å². The van der Waals surface area contributed by atoms with E-state index in [1.165, 1.54) is 12.8 Å². The topological polar surface area (TPSA) is 41.6 Å². The van der Waals surface area contributed by atoms with Crippen LogP contribution in [0.2, 0.25) is 0 Å². The van der Waals surface area contributed by atoms with Crippen molar-refractivity contribution in [3.05, 3.63) is 0 Å². The molecule has 2 heterocycles. The number of nitrogens with one attached hydrogen (secondary N) is 1. The molecule has 0 radical (unpaired) electrons. The molecule has 2 saturated heterocycles. The summed E-state index contributed by atoms with van der Waals surface area (Å²) < 4.78 is 5.31. The van der Waals surface area contributed by atoms with E-state index in [0.717, 1.165) is 58.0 Å². The molecule has 1 unspecified atom stereocenters. The Morgan fingerprint density at radius 1 is 1.33 bits per heavy atom. The number of carbonyl (C=O) groups is 1. The van der Waals surface area contributed by atoms with Gasteiger partial charge >= 0.3 is 0 Å². The third-order valence-electron chi connectivity index (χ3n) is 4.22. The van der Waals surface area contributed by atoms with E-state index in [4.69, 9.17) is 4.74 Å². The quantitative estimate of drug-likeness (QED) is 0.821. The van der Waals surface area contributed by atoms with Crippen LogP contribution >= 0.6 is 0 Å². The third-order valence-corrected chi connectivity index (χ3v) is 4.22. The van der Waals surface area contributed by atoms with Gasteiger partial charge in [0, 0.05) is 32.7 Å². The maximum atomic E-state index is 12.2. The van der Waals surface area contributed by atoms with Gasteiger partial charge in [-0.05, 0) is 51.1 Å². The summed E-state index contributed by atoms with van der Waals surface area (Å²) >= 11 is 0. The molecule has 1 atom stereocenters. The molecule has 0 aromatic heterocycles. The molecular weight excluding hydrogens is 228 g/mol. The van der Waals surface area contributed by atoms with Crippen molar-refractivity contribution in [2.45, 2.75) is 32.1 Å². The maximum absolute atomic E-state index is 12.2. The molecular formula is C14H26N2O2. The Balaban J connectivity index is 1.69. The number of ether oxygens (including phenoxy) is 1. The van der Waals surface area contributed by atoms with Crippen molar-refractivity contribution in [3.63, 3.8) is 0 Å². The van der Waals surface area contributed by atoms with Crippen LogP contribution in [0.3, 0.4) is 0 Å². The molecule has 2 aliphatic heterocycles. The minimum atomic E-state index is 0.202. The summed E-state index contributed by atoms with van der Waals surface area (Å²) in [4.78, 5) is 14.2. The summed E-state index contributed by atoms with van der Waals surface area (Å²) in [6, 6.07) is 0. The Labute approximate surface area is 110 Å². The van der Waals surface area contributed by atoms with Crippen LogP contribution in [0.25, 0.3) is 0 Å². The second kappa shape index (κ2) is 7.10. The molecule has 18 heavy (non-hydrogen) atoms. The zero-order chi connectivity index (χ0) is 12.8. The van der Waals surface area contributed by atoms with Gasteiger partial charge in [-0.3, -0.25) is 4.79 Å². The molecule has 0 saturated carbocycles. The fraction of sp³-hybridized carbons (Fsp3) is 0.929. The maximum Gasteiger partial charge on any atom is 0.225 e. The lowest BCUT2D eigenvalue weighted by Gasteiger charge is -2.29. The van der Waals surface area contributed by atoms with Crippen LogP contribution in [0.15, 0.2) is 0 Å². The first-order chi connectivity index (χ1) is 8.77. The van der Waals surface area contributed by atoms with Gasteiger partial charge in [-0.2, -0.15) is 0 Å². The Morgan fingerprint density at radius 3 is 2.78 bits per heavy atom. The van der Waals surface area contributed by atoms with Crippen molar-refractivity contribution < 1.29 is 9.53 Å². The highest BCUT2D eigenvalue weighted by atomic mass is 16.5. The van der Waals surface area contributed by atoms with Gasteiger partial charge in [0.2, 0.25) is 5.91 Å². The Bertz CT molecular complexity index is 259. The van der Waals surface area contributed by atoms with E-state index in [9.17, 15) is 4.79 Å².